The molecule has 13 heavy (non-hydrogen) atoms. The summed E-state index contributed by atoms with van der Waals surface area (Å²) in [4.78, 5) is 0. The molecule has 0 aromatic heterocycles. The maximum absolute atomic E-state index is 13.4. The molecule has 1 aromatic carbocycles. The predicted molar refractivity (Wildman–Crippen MR) is 56.2 cm³/mol. The molecule has 1 aliphatic heterocycles. The first kappa shape index (κ1) is 9.21. The van der Waals surface area contributed by atoms with Crippen molar-refractivity contribution in [3.8, 4) is 5.75 Å². The number of rotatable bonds is 0. The van der Waals surface area contributed by atoms with E-state index >= 15 is 0 Å². The van der Waals surface area contributed by atoms with Crippen LogP contribution in [0.25, 0.3) is 0 Å². The maximum Gasteiger partial charge on any atom is 0.132 e. The fraction of sp³-hybridized carbons (Fsp3) is 0.333. The molecular formula is C9H9FINO. The van der Waals surface area contributed by atoms with Crippen LogP contribution >= 0.6 is 22.6 Å². The SMILES string of the molecule is NC1CCOc2cc(I)cc(F)c21. The van der Waals surface area contributed by atoms with E-state index in [1.807, 2.05) is 6.07 Å². The van der Waals surface area contributed by atoms with Crippen LogP contribution in [0.15, 0.2) is 12.1 Å². The van der Waals surface area contributed by atoms with E-state index in [-0.39, 0.29) is 11.9 Å². The third-order valence-corrected chi connectivity index (χ3v) is 2.74. The second kappa shape index (κ2) is 3.42. The quantitative estimate of drug-likeness (QED) is 0.744. The van der Waals surface area contributed by atoms with E-state index in [4.69, 9.17) is 10.5 Å². The molecule has 0 aliphatic carbocycles. The molecule has 0 amide bonds. The molecule has 0 bridgehead atoms. The minimum absolute atomic E-state index is 0.222. The monoisotopic (exact) mass is 293 g/mol. The summed E-state index contributed by atoms with van der Waals surface area (Å²) in [6.45, 7) is 0.577. The lowest BCUT2D eigenvalue weighted by atomic mass is 10.0. The van der Waals surface area contributed by atoms with Gasteiger partial charge in [-0.25, -0.2) is 4.39 Å². The fourth-order valence-corrected chi connectivity index (χ4v) is 2.04. The van der Waals surface area contributed by atoms with E-state index in [1.165, 1.54) is 6.07 Å². The van der Waals surface area contributed by atoms with Gasteiger partial charge in [0.2, 0.25) is 0 Å². The smallest absolute Gasteiger partial charge is 0.132 e. The van der Waals surface area contributed by atoms with Crippen LogP contribution in [-0.4, -0.2) is 6.61 Å². The molecule has 70 valence electrons. The highest BCUT2D eigenvalue weighted by Crippen LogP contribution is 2.33. The van der Waals surface area contributed by atoms with Crippen molar-refractivity contribution in [1.29, 1.82) is 0 Å². The van der Waals surface area contributed by atoms with E-state index in [2.05, 4.69) is 22.6 Å². The normalized spacial score (nSPS) is 20.7. The van der Waals surface area contributed by atoms with Crippen molar-refractivity contribution >= 4 is 22.6 Å². The van der Waals surface area contributed by atoms with Crippen molar-refractivity contribution in [2.75, 3.05) is 6.61 Å². The van der Waals surface area contributed by atoms with Crippen molar-refractivity contribution in [3.63, 3.8) is 0 Å². The molecular weight excluding hydrogens is 284 g/mol. The summed E-state index contributed by atoms with van der Waals surface area (Å²) in [5.74, 6) is 0.345. The molecule has 2 N–H and O–H groups in total. The molecule has 2 nitrogen and oxygen atoms in total. The predicted octanol–water partition coefficient (Wildman–Crippen LogP) is 2.21. The third-order valence-electron chi connectivity index (χ3n) is 2.11. The van der Waals surface area contributed by atoms with E-state index in [0.29, 0.717) is 24.3 Å². The Morgan fingerprint density at radius 3 is 3.08 bits per heavy atom. The summed E-state index contributed by atoms with van der Waals surface area (Å²) in [7, 11) is 0. The summed E-state index contributed by atoms with van der Waals surface area (Å²) in [5.41, 5.74) is 6.29. The Labute approximate surface area is 89.4 Å². The highest BCUT2D eigenvalue weighted by atomic mass is 127. The largest absolute Gasteiger partial charge is 0.493 e. The summed E-state index contributed by atoms with van der Waals surface area (Å²) in [6, 6.07) is 3.08. The second-order valence-electron chi connectivity index (χ2n) is 3.04. The number of halogens is 2. The second-order valence-corrected chi connectivity index (χ2v) is 4.29. The summed E-state index contributed by atoms with van der Waals surface area (Å²) >= 11 is 2.06. The van der Waals surface area contributed by atoms with Gasteiger partial charge in [-0.05, 0) is 34.7 Å². The topological polar surface area (TPSA) is 35.2 Å². The Morgan fingerprint density at radius 2 is 2.31 bits per heavy atom. The maximum atomic E-state index is 13.4. The van der Waals surface area contributed by atoms with Crippen LogP contribution in [0.3, 0.4) is 0 Å². The summed E-state index contributed by atoms with van der Waals surface area (Å²) < 4.78 is 19.6. The van der Waals surface area contributed by atoms with E-state index < -0.39 is 0 Å². The Hall–Kier alpha value is -0.360. The number of hydrogen-bond acceptors (Lipinski definition) is 2. The molecule has 0 spiro atoms. The zero-order valence-electron chi connectivity index (χ0n) is 6.89. The fourth-order valence-electron chi connectivity index (χ4n) is 1.48. The average Bonchev–Trinajstić information content (AvgIpc) is 2.02. The molecule has 1 heterocycles. The van der Waals surface area contributed by atoms with Gasteiger partial charge in [-0.2, -0.15) is 0 Å². The molecule has 2 rings (SSSR count). The first-order valence-corrected chi connectivity index (χ1v) is 5.13. The van der Waals surface area contributed by atoms with E-state index in [9.17, 15) is 4.39 Å². The van der Waals surface area contributed by atoms with Crippen molar-refractivity contribution in [2.24, 2.45) is 5.73 Å². The van der Waals surface area contributed by atoms with Gasteiger partial charge in [-0.3, -0.25) is 0 Å². The molecule has 4 heteroatoms. The van der Waals surface area contributed by atoms with Crippen molar-refractivity contribution in [3.05, 3.63) is 27.1 Å². The van der Waals surface area contributed by atoms with Gasteiger partial charge in [0.15, 0.2) is 0 Å². The molecule has 0 radical (unpaired) electrons. The Bertz CT molecular complexity index is 343. The van der Waals surface area contributed by atoms with Crippen molar-refractivity contribution in [2.45, 2.75) is 12.5 Å². The summed E-state index contributed by atoms with van der Waals surface area (Å²) in [5, 5.41) is 0. The lowest BCUT2D eigenvalue weighted by molar-refractivity contribution is 0.263. The number of nitrogens with two attached hydrogens (primary N) is 1. The zero-order valence-corrected chi connectivity index (χ0v) is 9.05. The number of fused-ring (bicyclic) bond motifs is 1. The van der Waals surface area contributed by atoms with Crippen LogP contribution in [0.1, 0.15) is 18.0 Å². The number of ether oxygens (including phenoxy) is 1. The lowest BCUT2D eigenvalue weighted by Gasteiger charge is -2.23. The lowest BCUT2D eigenvalue weighted by Crippen LogP contribution is -2.22. The molecule has 0 saturated heterocycles. The summed E-state index contributed by atoms with van der Waals surface area (Å²) in [6.07, 6.45) is 0.685. The standard InChI is InChI=1S/C9H9FINO/c10-6-3-5(11)4-8-9(6)7(12)1-2-13-8/h3-4,7H,1-2,12H2. The minimum atomic E-state index is -0.255. The molecule has 0 fully saturated rings. The van der Waals surface area contributed by atoms with Gasteiger partial charge in [-0.15, -0.1) is 0 Å². The van der Waals surface area contributed by atoms with Gasteiger partial charge >= 0.3 is 0 Å². The highest BCUT2D eigenvalue weighted by molar-refractivity contribution is 14.1. The minimum Gasteiger partial charge on any atom is -0.493 e. The molecule has 1 aliphatic rings. The van der Waals surface area contributed by atoms with Gasteiger partial charge in [0.25, 0.3) is 0 Å². The van der Waals surface area contributed by atoms with Crippen LogP contribution < -0.4 is 10.5 Å². The first-order chi connectivity index (χ1) is 6.18. The van der Waals surface area contributed by atoms with Gasteiger partial charge in [-0.1, -0.05) is 0 Å². The van der Waals surface area contributed by atoms with Gasteiger partial charge < -0.3 is 10.5 Å². The number of benzene rings is 1. The molecule has 1 aromatic rings. The Kier molecular flexibility index (Phi) is 2.42. The first-order valence-electron chi connectivity index (χ1n) is 4.06. The van der Waals surface area contributed by atoms with Crippen LogP contribution in [-0.2, 0) is 0 Å². The van der Waals surface area contributed by atoms with Crippen LogP contribution in [0.2, 0.25) is 0 Å². The average molecular weight is 293 g/mol. The van der Waals surface area contributed by atoms with E-state index in [1.54, 1.807) is 0 Å². The third kappa shape index (κ3) is 1.65. The molecule has 1 atom stereocenters. The Morgan fingerprint density at radius 1 is 1.54 bits per heavy atom. The van der Waals surface area contributed by atoms with Gasteiger partial charge in [0, 0.05) is 21.6 Å². The highest BCUT2D eigenvalue weighted by Gasteiger charge is 2.22. The van der Waals surface area contributed by atoms with Crippen LogP contribution in [0.5, 0.6) is 5.75 Å². The van der Waals surface area contributed by atoms with Crippen molar-refractivity contribution in [1.82, 2.24) is 0 Å². The molecule has 1 unspecified atom stereocenters. The van der Waals surface area contributed by atoms with Gasteiger partial charge in [0.1, 0.15) is 11.6 Å². The van der Waals surface area contributed by atoms with Crippen LogP contribution in [0.4, 0.5) is 4.39 Å². The van der Waals surface area contributed by atoms with Crippen LogP contribution in [0, 0.1) is 9.39 Å². The molecule has 0 saturated carbocycles. The Balaban J connectivity index is 2.56. The number of hydrogen-bond donors (Lipinski definition) is 1. The zero-order chi connectivity index (χ0) is 9.42. The van der Waals surface area contributed by atoms with Crippen molar-refractivity contribution < 1.29 is 9.13 Å². The van der Waals surface area contributed by atoms with E-state index in [0.717, 1.165) is 3.57 Å². The van der Waals surface area contributed by atoms with Gasteiger partial charge in [0.05, 0.1) is 6.61 Å².